The maximum atomic E-state index is 14.2. The summed E-state index contributed by atoms with van der Waals surface area (Å²) in [6.45, 7) is 0. The van der Waals surface area contributed by atoms with E-state index in [1.165, 1.54) is 36.4 Å². The average Bonchev–Trinajstić information content (AvgIpc) is 2.77. The zero-order chi connectivity index (χ0) is 24.0. The van der Waals surface area contributed by atoms with Gasteiger partial charge in [0.15, 0.2) is 17.7 Å². The number of alkyl halides is 3. The standard InChI is InChI=1S/C23H20F3NO6/c24-23(25,26)21-18(20(29)14-5-2-1-3-6-14)17(13-8-10-15(11-9-13)27(31)32)19-16(28)7-4-12-22(19,30)33-21/h1-3,5-6,8-11,17-19,21,30H,4,7,12H2. The van der Waals surface area contributed by atoms with Crippen LogP contribution in [0.3, 0.4) is 0 Å². The van der Waals surface area contributed by atoms with Crippen LogP contribution in [-0.2, 0) is 9.53 Å². The minimum atomic E-state index is -5.02. The number of nitrogens with zero attached hydrogens (tertiary/aromatic N) is 1. The number of ether oxygens (including phenoxy) is 1. The number of carbonyl (C=O) groups is 2. The van der Waals surface area contributed by atoms with Crippen molar-refractivity contribution in [1.29, 1.82) is 0 Å². The van der Waals surface area contributed by atoms with Crippen molar-refractivity contribution in [2.45, 2.75) is 43.2 Å². The predicted octanol–water partition coefficient (Wildman–Crippen LogP) is 4.20. The van der Waals surface area contributed by atoms with Gasteiger partial charge in [-0.05, 0) is 12.0 Å². The number of rotatable bonds is 4. The highest BCUT2D eigenvalue weighted by Crippen LogP contribution is 2.54. The number of hydrogen-bond acceptors (Lipinski definition) is 6. The number of non-ortho nitro benzene ring substituents is 1. The minimum absolute atomic E-state index is 0.000889. The first-order chi connectivity index (χ1) is 15.5. The van der Waals surface area contributed by atoms with E-state index in [4.69, 9.17) is 4.74 Å². The van der Waals surface area contributed by atoms with Gasteiger partial charge in [-0.15, -0.1) is 0 Å². The Kier molecular flexibility index (Phi) is 5.83. The molecule has 1 aliphatic heterocycles. The Hall–Kier alpha value is -3.11. The number of aliphatic hydroxyl groups is 1. The molecule has 7 nitrogen and oxygen atoms in total. The first-order valence-electron chi connectivity index (χ1n) is 10.4. The van der Waals surface area contributed by atoms with Crippen molar-refractivity contribution in [1.82, 2.24) is 0 Å². The fraction of sp³-hybridized carbons (Fsp3) is 0.391. The molecule has 0 amide bonds. The van der Waals surface area contributed by atoms with Gasteiger partial charge in [0.1, 0.15) is 5.78 Å². The maximum absolute atomic E-state index is 14.2. The number of ketones is 2. The highest BCUT2D eigenvalue weighted by molar-refractivity contribution is 6.00. The third-order valence-corrected chi connectivity index (χ3v) is 6.37. The molecule has 0 aromatic heterocycles. The van der Waals surface area contributed by atoms with Crippen molar-refractivity contribution in [3.63, 3.8) is 0 Å². The number of benzene rings is 2. The van der Waals surface area contributed by atoms with Crippen LogP contribution in [0, 0.1) is 22.0 Å². The van der Waals surface area contributed by atoms with Crippen LogP contribution in [0.5, 0.6) is 0 Å². The molecule has 2 aromatic rings. The largest absolute Gasteiger partial charge is 0.415 e. The highest BCUT2D eigenvalue weighted by Gasteiger charge is 2.65. The molecular formula is C23H20F3NO6. The first-order valence-corrected chi connectivity index (χ1v) is 10.4. The molecule has 0 radical (unpaired) electrons. The molecule has 2 fully saturated rings. The number of halogens is 3. The van der Waals surface area contributed by atoms with Gasteiger partial charge in [0.05, 0.1) is 16.8 Å². The number of fused-ring (bicyclic) bond motifs is 1. The molecule has 1 N–H and O–H groups in total. The van der Waals surface area contributed by atoms with Gasteiger partial charge in [0.25, 0.3) is 5.69 Å². The normalized spacial score (nSPS) is 29.9. The Balaban J connectivity index is 1.91. The number of Topliss-reactive ketones (excluding diaryl/α,β-unsaturated/α-hetero) is 2. The molecule has 174 valence electrons. The van der Waals surface area contributed by atoms with Crippen molar-refractivity contribution >= 4 is 17.3 Å². The average molecular weight is 463 g/mol. The third kappa shape index (κ3) is 4.16. The molecule has 1 saturated carbocycles. The first kappa shape index (κ1) is 23.1. The monoisotopic (exact) mass is 463 g/mol. The molecule has 0 bridgehead atoms. The molecule has 5 unspecified atom stereocenters. The van der Waals surface area contributed by atoms with Crippen LogP contribution in [0.2, 0.25) is 0 Å². The van der Waals surface area contributed by atoms with Gasteiger partial charge in [0, 0.05) is 36.5 Å². The van der Waals surface area contributed by atoms with Gasteiger partial charge in [-0.25, -0.2) is 0 Å². The molecule has 2 aromatic carbocycles. The predicted molar refractivity (Wildman–Crippen MR) is 108 cm³/mol. The third-order valence-electron chi connectivity index (χ3n) is 6.37. The zero-order valence-corrected chi connectivity index (χ0v) is 17.2. The highest BCUT2D eigenvalue weighted by atomic mass is 19.4. The smallest absolute Gasteiger partial charge is 0.365 e. The Morgan fingerprint density at radius 1 is 1.12 bits per heavy atom. The van der Waals surface area contributed by atoms with E-state index in [1.54, 1.807) is 6.07 Å². The Labute approximate surface area is 186 Å². The number of hydrogen-bond donors (Lipinski definition) is 1. The minimum Gasteiger partial charge on any atom is -0.365 e. The van der Waals surface area contributed by atoms with Gasteiger partial charge in [-0.3, -0.25) is 19.7 Å². The maximum Gasteiger partial charge on any atom is 0.415 e. The second-order valence-corrected chi connectivity index (χ2v) is 8.35. The molecule has 1 aliphatic carbocycles. The number of nitro groups is 1. The van der Waals surface area contributed by atoms with Crippen LogP contribution in [0.4, 0.5) is 18.9 Å². The summed E-state index contributed by atoms with van der Waals surface area (Å²) in [6, 6.07) is 12.0. The van der Waals surface area contributed by atoms with E-state index in [0.717, 1.165) is 12.1 Å². The van der Waals surface area contributed by atoms with Crippen LogP contribution in [-0.4, -0.2) is 39.7 Å². The van der Waals surface area contributed by atoms with Gasteiger partial charge in [-0.2, -0.15) is 13.2 Å². The number of nitro benzene ring substituents is 1. The lowest BCUT2D eigenvalue weighted by Crippen LogP contribution is -2.63. The van der Waals surface area contributed by atoms with E-state index in [1.807, 2.05) is 0 Å². The molecule has 1 heterocycles. The van der Waals surface area contributed by atoms with Crippen LogP contribution >= 0.6 is 0 Å². The fourth-order valence-corrected chi connectivity index (χ4v) is 4.96. The Morgan fingerprint density at radius 3 is 2.33 bits per heavy atom. The molecule has 4 rings (SSSR count). The Bertz CT molecular complexity index is 1070. The summed E-state index contributed by atoms with van der Waals surface area (Å²) < 4.78 is 47.7. The van der Waals surface area contributed by atoms with Crippen molar-refractivity contribution < 1.29 is 37.5 Å². The number of carbonyl (C=O) groups excluding carboxylic acids is 2. The molecular weight excluding hydrogens is 443 g/mol. The zero-order valence-electron chi connectivity index (χ0n) is 17.2. The summed E-state index contributed by atoms with van der Waals surface area (Å²) in [5.41, 5.74) is -0.179. The molecule has 1 saturated heterocycles. The molecule has 2 aliphatic rings. The van der Waals surface area contributed by atoms with Gasteiger partial charge in [0.2, 0.25) is 0 Å². The van der Waals surface area contributed by atoms with Gasteiger partial charge < -0.3 is 9.84 Å². The van der Waals surface area contributed by atoms with E-state index in [0.29, 0.717) is 0 Å². The van der Waals surface area contributed by atoms with Crippen molar-refractivity contribution in [2.75, 3.05) is 0 Å². The second-order valence-electron chi connectivity index (χ2n) is 8.35. The van der Waals surface area contributed by atoms with Crippen LogP contribution < -0.4 is 0 Å². The summed E-state index contributed by atoms with van der Waals surface area (Å²) in [7, 11) is 0. The van der Waals surface area contributed by atoms with Crippen molar-refractivity contribution in [3.8, 4) is 0 Å². The lowest BCUT2D eigenvalue weighted by molar-refractivity contribution is -0.384. The van der Waals surface area contributed by atoms with Gasteiger partial charge in [-0.1, -0.05) is 42.5 Å². The molecule has 10 heteroatoms. The van der Waals surface area contributed by atoms with E-state index in [2.05, 4.69) is 0 Å². The molecule has 33 heavy (non-hydrogen) atoms. The van der Waals surface area contributed by atoms with Crippen molar-refractivity contribution in [3.05, 3.63) is 75.8 Å². The Morgan fingerprint density at radius 2 is 1.76 bits per heavy atom. The lowest BCUT2D eigenvalue weighted by atomic mass is 9.62. The summed E-state index contributed by atoms with van der Waals surface area (Å²) in [6.07, 6.45) is -7.73. The van der Waals surface area contributed by atoms with Crippen LogP contribution in [0.1, 0.15) is 41.1 Å². The quantitative estimate of drug-likeness (QED) is 0.414. The van der Waals surface area contributed by atoms with E-state index < -0.39 is 52.3 Å². The van der Waals surface area contributed by atoms with Crippen LogP contribution in [0.25, 0.3) is 0 Å². The second kappa shape index (κ2) is 8.35. The van der Waals surface area contributed by atoms with Crippen LogP contribution in [0.15, 0.2) is 54.6 Å². The van der Waals surface area contributed by atoms with Gasteiger partial charge >= 0.3 is 6.18 Å². The topological polar surface area (TPSA) is 107 Å². The van der Waals surface area contributed by atoms with E-state index in [-0.39, 0.29) is 36.1 Å². The molecule has 0 spiro atoms. The summed E-state index contributed by atoms with van der Waals surface area (Å²) in [5, 5.41) is 22.1. The van der Waals surface area contributed by atoms with E-state index in [9.17, 15) is 38.0 Å². The SMILES string of the molecule is O=C(c1ccccc1)C1C(c2ccc([N+](=O)[O-])cc2)C2C(=O)CCCC2(O)OC1C(F)(F)F. The fourth-order valence-electron chi connectivity index (χ4n) is 4.96. The summed E-state index contributed by atoms with van der Waals surface area (Å²) >= 11 is 0. The summed E-state index contributed by atoms with van der Waals surface area (Å²) in [5.74, 6) is -8.50. The molecule has 5 atom stereocenters. The van der Waals surface area contributed by atoms with E-state index >= 15 is 0 Å². The lowest BCUT2D eigenvalue weighted by Gasteiger charge is -2.52. The van der Waals surface area contributed by atoms with Crippen molar-refractivity contribution in [2.24, 2.45) is 11.8 Å². The summed E-state index contributed by atoms with van der Waals surface area (Å²) in [4.78, 5) is 36.7.